The molecule has 0 saturated heterocycles. The SMILES string of the molecule is N#CC(=O)Nc1cccs1. The van der Waals surface area contributed by atoms with Gasteiger partial charge in [-0.2, -0.15) is 5.26 Å². The summed E-state index contributed by atoms with van der Waals surface area (Å²) in [6.07, 6.45) is 0. The van der Waals surface area contributed by atoms with Crippen LogP contribution in [0.15, 0.2) is 17.5 Å². The van der Waals surface area contributed by atoms with E-state index in [2.05, 4.69) is 5.32 Å². The molecular formula is C6H4N2OS. The van der Waals surface area contributed by atoms with Crippen molar-refractivity contribution in [2.75, 3.05) is 5.32 Å². The van der Waals surface area contributed by atoms with Crippen molar-refractivity contribution in [1.82, 2.24) is 0 Å². The smallest absolute Gasteiger partial charge is 0.305 e. The Morgan fingerprint density at radius 2 is 2.60 bits per heavy atom. The molecule has 0 saturated carbocycles. The van der Waals surface area contributed by atoms with Gasteiger partial charge in [-0.3, -0.25) is 4.79 Å². The summed E-state index contributed by atoms with van der Waals surface area (Å²) in [6.45, 7) is 0. The number of hydrogen-bond donors (Lipinski definition) is 1. The van der Waals surface area contributed by atoms with Crippen LogP contribution >= 0.6 is 11.3 Å². The van der Waals surface area contributed by atoms with Crippen molar-refractivity contribution in [3.63, 3.8) is 0 Å². The number of carbonyl (C=O) groups excluding carboxylic acids is 1. The van der Waals surface area contributed by atoms with Crippen LogP contribution in [0.25, 0.3) is 0 Å². The largest absolute Gasteiger partial charge is 0.327 e. The molecule has 10 heavy (non-hydrogen) atoms. The number of thiophene rings is 1. The number of nitrogens with zero attached hydrogens (tertiary/aromatic N) is 1. The molecule has 0 bridgehead atoms. The number of hydrogen-bond acceptors (Lipinski definition) is 3. The second kappa shape index (κ2) is 2.99. The first-order valence-electron chi connectivity index (χ1n) is 2.57. The highest BCUT2D eigenvalue weighted by Crippen LogP contribution is 2.13. The van der Waals surface area contributed by atoms with Crippen molar-refractivity contribution in [2.24, 2.45) is 0 Å². The minimum absolute atomic E-state index is 0.623. The van der Waals surface area contributed by atoms with Crippen molar-refractivity contribution in [2.45, 2.75) is 0 Å². The summed E-state index contributed by atoms with van der Waals surface area (Å²) >= 11 is 1.38. The summed E-state index contributed by atoms with van der Waals surface area (Å²) in [5, 5.41) is 13.0. The van der Waals surface area contributed by atoms with E-state index in [0.29, 0.717) is 5.00 Å². The molecule has 1 amide bonds. The number of carbonyl (C=O) groups is 1. The van der Waals surface area contributed by atoms with Gasteiger partial charge in [0.1, 0.15) is 0 Å². The fourth-order valence-corrected chi connectivity index (χ4v) is 1.10. The molecule has 0 spiro atoms. The van der Waals surface area contributed by atoms with Crippen LogP contribution in [0.4, 0.5) is 5.00 Å². The lowest BCUT2D eigenvalue weighted by molar-refractivity contribution is -0.111. The Morgan fingerprint density at radius 1 is 1.80 bits per heavy atom. The minimum atomic E-state index is -0.623. The Balaban J connectivity index is 2.59. The van der Waals surface area contributed by atoms with E-state index in [1.54, 1.807) is 12.1 Å². The molecule has 1 heterocycles. The second-order valence-electron chi connectivity index (χ2n) is 1.54. The van der Waals surface area contributed by atoms with Crippen LogP contribution in [-0.4, -0.2) is 5.91 Å². The fourth-order valence-electron chi connectivity index (χ4n) is 0.490. The third kappa shape index (κ3) is 1.57. The van der Waals surface area contributed by atoms with E-state index in [-0.39, 0.29) is 0 Å². The third-order valence-electron chi connectivity index (χ3n) is 0.859. The summed E-state index contributed by atoms with van der Waals surface area (Å²) in [4.78, 5) is 10.4. The van der Waals surface area contributed by atoms with E-state index >= 15 is 0 Å². The normalized spacial score (nSPS) is 8.30. The van der Waals surface area contributed by atoms with Gasteiger partial charge in [0.15, 0.2) is 6.07 Å². The van der Waals surface area contributed by atoms with E-state index in [0.717, 1.165) is 0 Å². The van der Waals surface area contributed by atoms with Crippen molar-refractivity contribution in [3.05, 3.63) is 17.5 Å². The molecule has 50 valence electrons. The lowest BCUT2D eigenvalue weighted by Gasteiger charge is -1.90. The predicted molar refractivity (Wildman–Crippen MR) is 38.6 cm³/mol. The second-order valence-corrected chi connectivity index (χ2v) is 2.49. The van der Waals surface area contributed by atoms with Gasteiger partial charge < -0.3 is 5.32 Å². The van der Waals surface area contributed by atoms with Crippen LogP contribution in [0.1, 0.15) is 0 Å². The van der Waals surface area contributed by atoms with Crippen LogP contribution < -0.4 is 5.32 Å². The van der Waals surface area contributed by atoms with Gasteiger partial charge in [-0.15, -0.1) is 11.3 Å². The Bertz CT molecular complexity index is 260. The quantitative estimate of drug-likeness (QED) is 0.615. The van der Waals surface area contributed by atoms with Gasteiger partial charge in [-0.1, -0.05) is 0 Å². The molecule has 0 aliphatic heterocycles. The van der Waals surface area contributed by atoms with Crippen molar-refractivity contribution < 1.29 is 4.79 Å². The highest BCUT2D eigenvalue weighted by Gasteiger charge is 1.97. The fraction of sp³-hybridized carbons (Fsp3) is 0. The predicted octanol–water partition coefficient (Wildman–Crippen LogP) is 1.21. The highest BCUT2D eigenvalue weighted by atomic mass is 32.1. The molecule has 1 rings (SSSR count). The van der Waals surface area contributed by atoms with Gasteiger partial charge >= 0.3 is 5.91 Å². The standard InChI is InChI=1S/C6H4N2OS/c7-4-5(9)8-6-2-1-3-10-6/h1-3H,(H,8,9). The molecule has 1 N–H and O–H groups in total. The summed E-state index contributed by atoms with van der Waals surface area (Å²) < 4.78 is 0. The summed E-state index contributed by atoms with van der Waals surface area (Å²) in [5.74, 6) is -0.623. The Kier molecular flexibility index (Phi) is 2.03. The number of nitriles is 1. The maximum atomic E-state index is 10.4. The zero-order valence-corrected chi connectivity index (χ0v) is 5.81. The maximum absolute atomic E-state index is 10.4. The van der Waals surface area contributed by atoms with E-state index in [1.165, 1.54) is 17.4 Å². The van der Waals surface area contributed by atoms with E-state index < -0.39 is 5.91 Å². The van der Waals surface area contributed by atoms with Gasteiger partial charge in [0.2, 0.25) is 0 Å². The topological polar surface area (TPSA) is 52.9 Å². The summed E-state index contributed by atoms with van der Waals surface area (Å²) in [6, 6.07) is 5.00. The van der Waals surface area contributed by atoms with Crippen molar-refractivity contribution in [1.29, 1.82) is 5.26 Å². The molecule has 1 aromatic heterocycles. The molecule has 4 heteroatoms. The first kappa shape index (κ1) is 6.78. The van der Waals surface area contributed by atoms with Crippen LogP contribution in [-0.2, 0) is 4.79 Å². The van der Waals surface area contributed by atoms with E-state index in [9.17, 15) is 4.79 Å². The molecule has 0 fully saturated rings. The maximum Gasteiger partial charge on any atom is 0.327 e. The number of anilines is 1. The van der Waals surface area contributed by atoms with Crippen molar-refractivity contribution in [3.8, 4) is 6.07 Å². The molecule has 0 aromatic carbocycles. The van der Waals surface area contributed by atoms with Gasteiger partial charge in [0.25, 0.3) is 0 Å². The van der Waals surface area contributed by atoms with Crippen LogP contribution in [0.5, 0.6) is 0 Å². The average Bonchev–Trinajstić information content (AvgIpc) is 2.40. The zero-order valence-electron chi connectivity index (χ0n) is 5.00. The molecule has 0 atom stereocenters. The lowest BCUT2D eigenvalue weighted by Crippen LogP contribution is -2.05. The molecular weight excluding hydrogens is 148 g/mol. The van der Waals surface area contributed by atoms with E-state index in [4.69, 9.17) is 5.26 Å². The highest BCUT2D eigenvalue weighted by molar-refractivity contribution is 7.14. The van der Waals surface area contributed by atoms with Crippen molar-refractivity contribution >= 4 is 22.2 Å². The van der Waals surface area contributed by atoms with Gasteiger partial charge in [-0.05, 0) is 17.5 Å². The Labute approximate surface area is 61.9 Å². The number of amides is 1. The van der Waals surface area contributed by atoms with Gasteiger partial charge in [-0.25, -0.2) is 0 Å². The molecule has 0 unspecified atom stereocenters. The summed E-state index contributed by atoms with van der Waals surface area (Å²) in [5.41, 5.74) is 0. The monoisotopic (exact) mass is 152 g/mol. The van der Waals surface area contributed by atoms with Gasteiger partial charge in [0.05, 0.1) is 5.00 Å². The lowest BCUT2D eigenvalue weighted by atomic mass is 10.6. The van der Waals surface area contributed by atoms with Crippen LogP contribution in [0.2, 0.25) is 0 Å². The molecule has 1 aromatic rings. The number of nitrogens with one attached hydrogen (secondary N) is 1. The molecule has 0 aliphatic rings. The van der Waals surface area contributed by atoms with E-state index in [1.807, 2.05) is 5.38 Å². The zero-order chi connectivity index (χ0) is 7.40. The van der Waals surface area contributed by atoms with Crippen LogP contribution in [0, 0.1) is 11.3 Å². The minimum Gasteiger partial charge on any atom is -0.305 e. The first-order chi connectivity index (χ1) is 4.83. The Morgan fingerprint density at radius 3 is 3.10 bits per heavy atom. The third-order valence-corrected chi connectivity index (χ3v) is 1.64. The van der Waals surface area contributed by atoms with Crippen LogP contribution in [0.3, 0.4) is 0 Å². The number of rotatable bonds is 1. The average molecular weight is 152 g/mol. The molecule has 0 aliphatic carbocycles. The van der Waals surface area contributed by atoms with Gasteiger partial charge in [0, 0.05) is 0 Å². The Hall–Kier alpha value is -1.34. The summed E-state index contributed by atoms with van der Waals surface area (Å²) in [7, 11) is 0. The molecule has 3 nitrogen and oxygen atoms in total. The first-order valence-corrected chi connectivity index (χ1v) is 3.45. The molecule has 0 radical (unpaired) electrons.